The number of hydrogen-bond donors (Lipinski definition) is 2. The molecule has 2 aliphatic heterocycles. The van der Waals surface area contributed by atoms with E-state index in [4.69, 9.17) is 19.2 Å². The lowest BCUT2D eigenvalue weighted by Gasteiger charge is -2.58. The second kappa shape index (κ2) is 15.0. The molecule has 2 aromatic heterocycles. The zero-order valence-corrected chi connectivity index (χ0v) is 31.5. The number of alkyl halides is 2. The van der Waals surface area contributed by atoms with E-state index in [-0.39, 0.29) is 30.2 Å². The molecule has 0 bridgehead atoms. The number of H-pyrrole nitrogens is 1. The Morgan fingerprint density at radius 3 is 2.49 bits per heavy atom. The number of carbonyl (C=O) groups is 1. The van der Waals surface area contributed by atoms with Crippen molar-refractivity contribution in [3.8, 4) is 0 Å². The first kappa shape index (κ1) is 37.5. The fourth-order valence-corrected chi connectivity index (χ4v) is 9.57. The Hall–Kier alpha value is -3.26. The largest absolute Gasteiger partial charge is 0.466 e. The second-order valence-electron chi connectivity index (χ2n) is 14.7. The number of pyridine rings is 2. The summed E-state index contributed by atoms with van der Waals surface area (Å²) in [5.74, 6) is 1.01. The van der Waals surface area contributed by atoms with Gasteiger partial charge in [0.05, 0.1) is 18.8 Å². The van der Waals surface area contributed by atoms with Crippen LogP contribution in [-0.4, -0.2) is 90.3 Å². The molecule has 10 nitrogen and oxygen atoms in total. The summed E-state index contributed by atoms with van der Waals surface area (Å²) in [6.45, 7) is 10.7. The molecule has 13 heteroatoms. The summed E-state index contributed by atoms with van der Waals surface area (Å²) in [4.78, 5) is 40.2. The van der Waals surface area contributed by atoms with Crippen LogP contribution < -0.4 is 15.8 Å². The SMILES string of the molecule is CSc1cc(C)[nH]c(=O)c1CNC(=O)C1=CC(c2ccc(N3C[C@@H](C)O[C@@H](C)C3)nc2)=C2O[C@H](C)O[C@@H]2C1(C)C1(N(C)CC(F)F)CCCCC1. The van der Waals surface area contributed by atoms with Gasteiger partial charge in [-0.25, -0.2) is 13.8 Å². The predicted molar refractivity (Wildman–Crippen MR) is 195 cm³/mol. The molecule has 6 rings (SSSR count). The van der Waals surface area contributed by atoms with E-state index in [0.29, 0.717) is 35.3 Å². The number of halogens is 2. The fraction of sp³-hybridized carbons (Fsp3) is 0.605. The van der Waals surface area contributed by atoms with Crippen LogP contribution >= 0.6 is 11.8 Å². The first-order valence-electron chi connectivity index (χ1n) is 18.0. The first-order chi connectivity index (χ1) is 24.3. The van der Waals surface area contributed by atoms with E-state index in [1.165, 1.54) is 11.8 Å². The maximum atomic E-state index is 14.7. The van der Waals surface area contributed by atoms with Crippen LogP contribution in [0.2, 0.25) is 0 Å². The van der Waals surface area contributed by atoms with Crippen molar-refractivity contribution in [2.75, 3.05) is 37.8 Å². The van der Waals surface area contributed by atoms with Crippen molar-refractivity contribution in [3.63, 3.8) is 0 Å². The normalized spacial score (nSPS) is 27.7. The van der Waals surface area contributed by atoms with Gasteiger partial charge in [0, 0.05) is 69.6 Å². The highest BCUT2D eigenvalue weighted by molar-refractivity contribution is 7.98. The number of morpholine rings is 1. The average molecular weight is 728 g/mol. The third-order valence-corrected chi connectivity index (χ3v) is 12.0. The molecule has 2 saturated heterocycles. The molecule has 1 unspecified atom stereocenters. The molecule has 51 heavy (non-hydrogen) atoms. The Labute approximate surface area is 303 Å². The molecular weight excluding hydrogens is 677 g/mol. The van der Waals surface area contributed by atoms with Gasteiger partial charge in [-0.2, -0.15) is 0 Å². The van der Waals surface area contributed by atoms with Gasteiger partial charge in [0.1, 0.15) is 17.7 Å². The topological polar surface area (TPSA) is 109 Å². The standard InChI is InChI=1S/C38H51F2N5O5S/c1-22-15-30(51-7)28(35(46)43-22)18-42-36(47)29-16-27(26-11-12-32(41-17-26)45-19-23(2)48-24(3)20-45)33-34(50-25(4)49-33)37(29,5)38(13-9-8-10-14-38)44(6)21-31(39)40/h11-12,15-17,23-25,31,34H,8-10,13-14,18-21H2,1-7H3,(H,42,47)(H,43,46)/t23-,24+,25-,34-,37?/m0/s1. The van der Waals surface area contributed by atoms with Crippen molar-refractivity contribution >= 4 is 29.1 Å². The second-order valence-corrected chi connectivity index (χ2v) is 15.5. The third-order valence-electron chi connectivity index (χ3n) is 11.2. The zero-order valence-electron chi connectivity index (χ0n) is 30.7. The Bertz CT molecular complexity index is 1720. The van der Waals surface area contributed by atoms with Gasteiger partial charge >= 0.3 is 0 Å². The van der Waals surface area contributed by atoms with Crippen LogP contribution in [0.15, 0.2) is 51.5 Å². The highest BCUT2D eigenvalue weighted by atomic mass is 32.2. The van der Waals surface area contributed by atoms with E-state index in [1.807, 2.05) is 65.1 Å². The van der Waals surface area contributed by atoms with Crippen molar-refractivity contribution in [3.05, 3.63) is 69.0 Å². The van der Waals surface area contributed by atoms with Crippen LogP contribution in [0.1, 0.15) is 76.6 Å². The van der Waals surface area contributed by atoms with Crippen LogP contribution in [0.5, 0.6) is 0 Å². The number of aromatic nitrogens is 2. The number of aryl methyl sites for hydroxylation is 1. The fourth-order valence-electron chi connectivity index (χ4n) is 8.87. The number of fused-ring (bicyclic) bond motifs is 1. The van der Waals surface area contributed by atoms with Crippen LogP contribution in [-0.2, 0) is 25.5 Å². The first-order valence-corrected chi connectivity index (χ1v) is 19.2. The maximum Gasteiger partial charge on any atom is 0.254 e. The number of carbonyl (C=O) groups excluding carboxylic acids is 1. The average Bonchev–Trinajstić information content (AvgIpc) is 3.49. The van der Waals surface area contributed by atoms with Gasteiger partial charge in [0.15, 0.2) is 6.29 Å². The van der Waals surface area contributed by atoms with Crippen LogP contribution in [0, 0.1) is 12.3 Å². The number of aromatic amines is 1. The smallest absolute Gasteiger partial charge is 0.254 e. The summed E-state index contributed by atoms with van der Waals surface area (Å²) in [5.41, 5.74) is 0.791. The highest BCUT2D eigenvalue weighted by Crippen LogP contribution is 2.59. The lowest BCUT2D eigenvalue weighted by atomic mass is 9.54. The maximum absolute atomic E-state index is 14.7. The van der Waals surface area contributed by atoms with E-state index in [1.54, 1.807) is 18.1 Å². The number of anilines is 1. The number of allylic oxidation sites excluding steroid dienone is 2. The monoisotopic (exact) mass is 727 g/mol. The molecule has 1 saturated carbocycles. The number of rotatable bonds is 10. The van der Waals surface area contributed by atoms with Gasteiger partial charge in [-0.1, -0.05) is 26.2 Å². The molecule has 1 amide bonds. The quantitative estimate of drug-likeness (QED) is 0.283. The van der Waals surface area contributed by atoms with Crippen LogP contribution in [0.25, 0.3) is 5.57 Å². The summed E-state index contributed by atoms with van der Waals surface area (Å²) in [6.07, 6.45) is 5.58. The lowest BCUT2D eigenvalue weighted by molar-refractivity contribution is -0.134. The molecule has 2 aromatic rings. The minimum Gasteiger partial charge on any atom is -0.466 e. The predicted octanol–water partition coefficient (Wildman–Crippen LogP) is 6.05. The third kappa shape index (κ3) is 7.11. The van der Waals surface area contributed by atoms with Gasteiger partial charge in [-0.3, -0.25) is 14.5 Å². The van der Waals surface area contributed by atoms with Gasteiger partial charge in [0.2, 0.25) is 5.91 Å². The molecular formula is C38H51F2N5O5S. The summed E-state index contributed by atoms with van der Waals surface area (Å²) in [5, 5.41) is 3.06. The number of ether oxygens (including phenoxy) is 3. The van der Waals surface area contributed by atoms with Gasteiger partial charge in [-0.15, -0.1) is 11.8 Å². The van der Waals surface area contributed by atoms with E-state index < -0.39 is 36.3 Å². The van der Waals surface area contributed by atoms with Crippen LogP contribution in [0.4, 0.5) is 14.6 Å². The Balaban J connectivity index is 1.46. The molecule has 2 N–H and O–H groups in total. The number of nitrogens with zero attached hydrogens (tertiary/aromatic N) is 3. The highest BCUT2D eigenvalue weighted by Gasteiger charge is 2.63. The summed E-state index contributed by atoms with van der Waals surface area (Å²) < 4.78 is 47.3. The van der Waals surface area contributed by atoms with E-state index in [0.717, 1.165) is 54.3 Å². The number of nitrogens with one attached hydrogen (secondary N) is 2. The minimum absolute atomic E-state index is 0.00507. The van der Waals surface area contributed by atoms with Crippen LogP contribution in [0.3, 0.4) is 0 Å². The Morgan fingerprint density at radius 1 is 1.16 bits per heavy atom. The van der Waals surface area contributed by atoms with E-state index >= 15 is 0 Å². The molecule has 3 fully saturated rings. The van der Waals surface area contributed by atoms with Crippen molar-refractivity contribution in [1.29, 1.82) is 0 Å². The number of thioether (sulfide) groups is 1. The summed E-state index contributed by atoms with van der Waals surface area (Å²) in [7, 11) is 1.74. The number of amides is 1. The Morgan fingerprint density at radius 2 is 1.86 bits per heavy atom. The molecule has 2 aliphatic carbocycles. The molecule has 5 atom stereocenters. The summed E-state index contributed by atoms with van der Waals surface area (Å²) in [6, 6.07) is 5.83. The van der Waals surface area contributed by atoms with Crippen molar-refractivity contribution < 1.29 is 27.8 Å². The molecule has 4 heterocycles. The zero-order chi connectivity index (χ0) is 36.7. The van der Waals surface area contributed by atoms with Crippen molar-refractivity contribution in [1.82, 2.24) is 20.2 Å². The van der Waals surface area contributed by atoms with Gasteiger partial charge in [0.25, 0.3) is 12.0 Å². The minimum atomic E-state index is -2.56. The molecule has 0 aromatic carbocycles. The molecule has 0 spiro atoms. The van der Waals surface area contributed by atoms with Gasteiger partial charge in [-0.05, 0) is 78.1 Å². The van der Waals surface area contributed by atoms with E-state index in [9.17, 15) is 18.4 Å². The molecule has 4 aliphatic rings. The number of hydrogen-bond acceptors (Lipinski definition) is 9. The Kier molecular flexibility index (Phi) is 11.0. The molecule has 0 radical (unpaired) electrons. The van der Waals surface area contributed by atoms with E-state index in [2.05, 4.69) is 15.2 Å². The van der Waals surface area contributed by atoms with Gasteiger partial charge < -0.3 is 29.4 Å². The van der Waals surface area contributed by atoms with Crippen molar-refractivity contribution in [2.24, 2.45) is 5.41 Å². The summed E-state index contributed by atoms with van der Waals surface area (Å²) >= 11 is 1.44. The molecule has 278 valence electrons. The van der Waals surface area contributed by atoms with Crippen molar-refractivity contribution in [2.45, 2.75) is 115 Å². The lowest BCUT2D eigenvalue weighted by Crippen LogP contribution is -2.66.